The van der Waals surface area contributed by atoms with Crippen molar-refractivity contribution in [3.8, 4) is 45.0 Å². The Morgan fingerprint density at radius 1 is 0.246 bits per heavy atom. The van der Waals surface area contributed by atoms with Gasteiger partial charge in [0.2, 0.25) is 0 Å². The summed E-state index contributed by atoms with van der Waals surface area (Å²) < 4.78 is 9.64. The molecule has 4 nitrogen and oxygen atoms in total. The minimum Gasteiger partial charge on any atom is -0.316 e. The van der Waals surface area contributed by atoms with Crippen molar-refractivity contribution in [2.24, 2.45) is 0 Å². The summed E-state index contributed by atoms with van der Waals surface area (Å²) in [6, 6.07) is 86.1. The number of hydrogen-bond donors (Lipinski definition) is 0. The smallest absolute Gasteiger partial charge is 0.0727 e. The number of aromatic nitrogens is 4. The lowest BCUT2D eigenvalue weighted by atomic mass is 9.70. The first-order valence-electron chi connectivity index (χ1n) is 23.9. The highest BCUT2D eigenvalue weighted by atomic mass is 15.0. The van der Waals surface area contributed by atoms with E-state index in [1.54, 1.807) is 0 Å². The second kappa shape index (κ2) is 13.5. The summed E-state index contributed by atoms with van der Waals surface area (Å²) >= 11 is 0. The lowest BCUT2D eigenvalue weighted by Crippen LogP contribution is -2.26. The Hall–Kier alpha value is -9.12. The van der Waals surface area contributed by atoms with Crippen LogP contribution in [0.15, 0.2) is 243 Å². The van der Waals surface area contributed by atoms with Crippen LogP contribution in [0, 0.1) is 0 Å². The van der Waals surface area contributed by atoms with Crippen molar-refractivity contribution in [1.29, 1.82) is 0 Å². The number of hydrogen-bond acceptors (Lipinski definition) is 0. The molecule has 2 aliphatic carbocycles. The number of nitrogens with zero attached hydrogens (tertiary/aromatic N) is 4. The average Bonchev–Trinajstić information content (AvgIpc) is 4.26. The highest BCUT2D eigenvalue weighted by Crippen LogP contribution is 2.63. The van der Waals surface area contributed by atoms with Gasteiger partial charge < -0.3 is 18.3 Å². The molecule has 0 saturated carbocycles. The fourth-order valence-corrected chi connectivity index (χ4v) is 12.8. The summed E-state index contributed by atoms with van der Waals surface area (Å²) in [5.74, 6) is 0. The van der Waals surface area contributed by atoms with Crippen LogP contribution in [0.5, 0.6) is 0 Å². The predicted octanol–water partition coefficient (Wildman–Crippen LogP) is 16.1. The van der Waals surface area contributed by atoms with Crippen LogP contribution in [0.3, 0.4) is 0 Å². The highest BCUT2D eigenvalue weighted by molar-refractivity contribution is 6.15. The third-order valence-corrected chi connectivity index (χ3v) is 15.6. The summed E-state index contributed by atoms with van der Waals surface area (Å²) in [5, 5.41) is 7.46. The Bertz CT molecular complexity index is 4190. The summed E-state index contributed by atoms with van der Waals surface area (Å²) in [6.45, 7) is 0. The molecule has 16 rings (SSSR count). The van der Waals surface area contributed by atoms with Crippen LogP contribution in [-0.4, -0.2) is 18.3 Å². The number of para-hydroxylation sites is 4. The van der Waals surface area contributed by atoms with Gasteiger partial charge in [-0.15, -0.1) is 0 Å². The normalized spacial score (nSPS) is 13.3. The van der Waals surface area contributed by atoms with Crippen LogP contribution in [-0.2, 0) is 5.41 Å². The lowest BCUT2D eigenvalue weighted by Gasteiger charge is -2.31. The van der Waals surface area contributed by atoms with Crippen LogP contribution in [0.25, 0.3) is 110 Å². The van der Waals surface area contributed by atoms with Crippen LogP contribution in [0.1, 0.15) is 22.3 Å². The van der Waals surface area contributed by atoms with Crippen LogP contribution in [0.4, 0.5) is 0 Å². The number of benzene rings is 10. The SMILES string of the molecule is c1ccc(-n2ccc3cc4c5ccccc5n(-c5ccc6c(c5)C5(c7ccccc7-c7ccccc75)c5cc(-n7c8ccccc8c8cc9ccn(-c%10ccccc%10)c9cc87)ccc5-6)c4cc32)cc1. The van der Waals surface area contributed by atoms with Crippen molar-refractivity contribution < 1.29 is 0 Å². The van der Waals surface area contributed by atoms with Crippen LogP contribution >= 0.6 is 0 Å². The molecule has 0 unspecified atom stereocenters. The van der Waals surface area contributed by atoms with Gasteiger partial charge in [0.25, 0.3) is 0 Å². The third kappa shape index (κ3) is 4.82. The minimum atomic E-state index is -0.564. The molecular weight excluding hydrogens is 837 g/mol. The third-order valence-electron chi connectivity index (χ3n) is 15.6. The molecule has 0 saturated heterocycles. The van der Waals surface area contributed by atoms with Gasteiger partial charge in [0.05, 0.1) is 38.5 Å². The zero-order chi connectivity index (χ0) is 45.0. The molecule has 10 aromatic carbocycles. The number of rotatable bonds is 4. The Kier molecular flexibility index (Phi) is 7.24. The van der Waals surface area contributed by atoms with Crippen LogP contribution < -0.4 is 0 Å². The van der Waals surface area contributed by atoms with Gasteiger partial charge in [-0.1, -0.05) is 133 Å². The van der Waals surface area contributed by atoms with Gasteiger partial charge in [-0.3, -0.25) is 0 Å². The maximum absolute atomic E-state index is 2.52. The van der Waals surface area contributed by atoms with E-state index in [-0.39, 0.29) is 0 Å². The molecule has 0 N–H and O–H groups in total. The maximum Gasteiger partial charge on any atom is 0.0727 e. The van der Waals surface area contributed by atoms with E-state index in [0.29, 0.717) is 0 Å². The van der Waals surface area contributed by atoms with Crippen molar-refractivity contribution in [3.63, 3.8) is 0 Å². The van der Waals surface area contributed by atoms with E-state index in [2.05, 4.69) is 261 Å². The van der Waals surface area contributed by atoms with E-state index in [1.165, 1.54) is 110 Å². The first kappa shape index (κ1) is 37.0. The Balaban J connectivity index is 0.967. The molecule has 320 valence electrons. The second-order valence-corrected chi connectivity index (χ2v) is 18.9. The van der Waals surface area contributed by atoms with Crippen molar-refractivity contribution in [3.05, 3.63) is 265 Å². The summed E-state index contributed by atoms with van der Waals surface area (Å²) in [5.41, 5.74) is 21.6. The molecule has 0 fully saturated rings. The van der Waals surface area contributed by atoms with Gasteiger partial charge in [0.15, 0.2) is 0 Å². The zero-order valence-electron chi connectivity index (χ0n) is 37.4. The second-order valence-electron chi connectivity index (χ2n) is 18.9. The largest absolute Gasteiger partial charge is 0.316 e. The summed E-state index contributed by atoms with van der Waals surface area (Å²) in [6.07, 6.45) is 4.40. The van der Waals surface area contributed by atoms with Gasteiger partial charge in [0, 0.05) is 67.5 Å². The van der Waals surface area contributed by atoms with Gasteiger partial charge in [-0.2, -0.15) is 0 Å². The molecule has 0 aliphatic heterocycles. The molecule has 4 aromatic heterocycles. The van der Waals surface area contributed by atoms with E-state index >= 15 is 0 Å². The standard InChI is InChI=1S/C65H40N4/c1-3-15-43(16-4-1)66-33-31-41-35-53-51-21-9-13-25-59(51)68(63(53)39-61(41)66)45-27-29-49-50-30-28-46(38-58(50)65(57(49)37-45)55-23-11-7-19-47(55)48-20-8-12-24-56(48)65)69-60-26-14-10-22-52(60)54-36-42-32-34-67(62(42)40-64(54)69)44-17-5-2-6-18-44/h1-40H. The van der Waals surface area contributed by atoms with Crippen LogP contribution in [0.2, 0.25) is 0 Å². The molecule has 4 heteroatoms. The van der Waals surface area contributed by atoms with Gasteiger partial charge in [-0.25, -0.2) is 0 Å². The summed E-state index contributed by atoms with van der Waals surface area (Å²) in [7, 11) is 0. The van der Waals surface area contributed by atoms with E-state index in [1.807, 2.05) is 0 Å². The average molecular weight is 877 g/mol. The van der Waals surface area contributed by atoms with Crippen molar-refractivity contribution in [1.82, 2.24) is 18.3 Å². The van der Waals surface area contributed by atoms with Gasteiger partial charge in [0.1, 0.15) is 0 Å². The maximum atomic E-state index is 2.52. The van der Waals surface area contributed by atoms with E-state index < -0.39 is 5.41 Å². The van der Waals surface area contributed by atoms with Gasteiger partial charge in [-0.05, 0) is 142 Å². The Morgan fingerprint density at radius 3 is 1.13 bits per heavy atom. The Morgan fingerprint density at radius 2 is 0.652 bits per heavy atom. The Labute approximate surface area is 397 Å². The predicted molar refractivity (Wildman–Crippen MR) is 285 cm³/mol. The summed E-state index contributed by atoms with van der Waals surface area (Å²) in [4.78, 5) is 0. The topological polar surface area (TPSA) is 19.7 Å². The molecule has 1 spiro atoms. The van der Waals surface area contributed by atoms with E-state index in [9.17, 15) is 0 Å². The molecule has 14 aromatic rings. The molecule has 2 aliphatic rings. The quantitative estimate of drug-likeness (QED) is 0.168. The molecule has 0 amide bonds. The first-order chi connectivity index (χ1) is 34.2. The highest BCUT2D eigenvalue weighted by Gasteiger charge is 2.52. The van der Waals surface area contributed by atoms with E-state index in [0.717, 1.165) is 22.7 Å². The lowest BCUT2D eigenvalue weighted by molar-refractivity contribution is 0.791. The molecule has 0 radical (unpaired) electrons. The monoisotopic (exact) mass is 876 g/mol. The molecule has 4 heterocycles. The van der Waals surface area contributed by atoms with Gasteiger partial charge >= 0.3 is 0 Å². The number of fused-ring (bicyclic) bond motifs is 18. The van der Waals surface area contributed by atoms with Crippen molar-refractivity contribution >= 4 is 65.4 Å². The fraction of sp³-hybridized carbons (Fsp3) is 0.0154. The first-order valence-corrected chi connectivity index (χ1v) is 23.9. The molecule has 69 heavy (non-hydrogen) atoms. The zero-order valence-corrected chi connectivity index (χ0v) is 37.4. The minimum absolute atomic E-state index is 0.564. The fourth-order valence-electron chi connectivity index (χ4n) is 12.8. The van der Waals surface area contributed by atoms with Crippen molar-refractivity contribution in [2.75, 3.05) is 0 Å². The molecule has 0 atom stereocenters. The molecule has 0 bridgehead atoms. The van der Waals surface area contributed by atoms with Crippen molar-refractivity contribution in [2.45, 2.75) is 5.41 Å². The van der Waals surface area contributed by atoms with E-state index in [4.69, 9.17) is 0 Å². The molecular formula is C65H40N4.